The summed E-state index contributed by atoms with van der Waals surface area (Å²) in [6, 6.07) is 5.91. The summed E-state index contributed by atoms with van der Waals surface area (Å²) < 4.78 is 0. The third-order valence-electron chi connectivity index (χ3n) is 2.43. The van der Waals surface area contributed by atoms with Crippen LogP contribution in [0.3, 0.4) is 0 Å². The van der Waals surface area contributed by atoms with Crippen molar-refractivity contribution >= 4 is 0 Å². The van der Waals surface area contributed by atoms with Gasteiger partial charge in [-0.1, -0.05) is 31.5 Å². The molecule has 0 aliphatic heterocycles. The van der Waals surface area contributed by atoms with Gasteiger partial charge in [0, 0.05) is 0 Å². The minimum absolute atomic E-state index is 0.00392. The van der Waals surface area contributed by atoms with Crippen molar-refractivity contribution in [3.8, 4) is 0 Å². The van der Waals surface area contributed by atoms with E-state index in [0.29, 0.717) is 0 Å². The number of aryl methyl sites for hydroxylation is 1. The number of rotatable bonds is 5. The number of hydrogen-bond donors (Lipinski definition) is 2. The summed E-state index contributed by atoms with van der Waals surface area (Å²) in [5.41, 5.74) is 2.92. The first-order valence-corrected chi connectivity index (χ1v) is 5.14. The summed E-state index contributed by atoms with van der Waals surface area (Å²) in [5.74, 6) is 0. The average Bonchev–Trinajstić information content (AvgIpc) is 2.25. The summed E-state index contributed by atoms with van der Waals surface area (Å²) in [6.45, 7) is 2.18. The Labute approximate surface area is 85.2 Å². The van der Waals surface area contributed by atoms with Crippen LogP contribution in [-0.4, -0.2) is 10.2 Å². The molecule has 0 atom stereocenters. The van der Waals surface area contributed by atoms with Crippen LogP contribution in [0.25, 0.3) is 0 Å². The van der Waals surface area contributed by atoms with Gasteiger partial charge in [-0.15, -0.1) is 0 Å². The quantitative estimate of drug-likeness (QED) is 0.752. The molecule has 78 valence electrons. The van der Waals surface area contributed by atoms with Crippen LogP contribution in [0.5, 0.6) is 0 Å². The molecule has 1 aromatic carbocycles. The molecule has 0 aromatic heterocycles. The molecule has 0 fully saturated rings. The van der Waals surface area contributed by atoms with E-state index in [9.17, 15) is 0 Å². The van der Waals surface area contributed by atoms with Crippen LogP contribution in [0.4, 0.5) is 0 Å². The van der Waals surface area contributed by atoms with E-state index in [4.69, 9.17) is 10.2 Å². The van der Waals surface area contributed by atoms with Gasteiger partial charge in [-0.3, -0.25) is 0 Å². The fraction of sp³-hybridized carbons (Fsp3) is 0.500. The van der Waals surface area contributed by atoms with E-state index in [2.05, 4.69) is 6.92 Å². The highest BCUT2D eigenvalue weighted by molar-refractivity contribution is 5.31. The average molecular weight is 194 g/mol. The van der Waals surface area contributed by atoms with Crippen molar-refractivity contribution < 1.29 is 10.2 Å². The van der Waals surface area contributed by atoms with Gasteiger partial charge in [0.1, 0.15) is 0 Å². The Morgan fingerprint density at radius 2 is 1.79 bits per heavy atom. The monoisotopic (exact) mass is 194 g/mol. The molecule has 0 unspecified atom stereocenters. The van der Waals surface area contributed by atoms with E-state index in [1.54, 1.807) is 0 Å². The highest BCUT2D eigenvalue weighted by Gasteiger charge is 2.01. The second-order valence-electron chi connectivity index (χ2n) is 3.52. The Kier molecular flexibility index (Phi) is 4.63. The van der Waals surface area contributed by atoms with Gasteiger partial charge in [-0.05, 0) is 29.5 Å². The zero-order chi connectivity index (χ0) is 10.4. The van der Waals surface area contributed by atoms with Crippen molar-refractivity contribution in [2.24, 2.45) is 0 Å². The van der Waals surface area contributed by atoms with Gasteiger partial charge in [-0.25, -0.2) is 0 Å². The lowest BCUT2D eigenvalue weighted by Crippen LogP contribution is -1.96. The molecule has 0 bridgehead atoms. The maximum Gasteiger partial charge on any atom is 0.0685 e. The summed E-state index contributed by atoms with van der Waals surface area (Å²) in [6.07, 6.45) is 3.40. The number of aliphatic hydroxyl groups excluding tert-OH is 2. The van der Waals surface area contributed by atoms with E-state index in [1.165, 1.54) is 18.4 Å². The molecule has 14 heavy (non-hydrogen) atoms. The molecule has 0 amide bonds. The van der Waals surface area contributed by atoms with Gasteiger partial charge in [-0.2, -0.15) is 0 Å². The Bertz CT molecular complexity index is 282. The number of aliphatic hydroxyl groups is 2. The van der Waals surface area contributed by atoms with E-state index in [0.717, 1.165) is 17.5 Å². The smallest absolute Gasteiger partial charge is 0.0685 e. The lowest BCUT2D eigenvalue weighted by atomic mass is 10.0. The molecule has 2 heteroatoms. The maximum atomic E-state index is 9.09. The molecular formula is C12H18O2. The van der Waals surface area contributed by atoms with Crippen molar-refractivity contribution in [1.82, 2.24) is 0 Å². The fourth-order valence-corrected chi connectivity index (χ4v) is 1.52. The molecule has 1 rings (SSSR count). The zero-order valence-corrected chi connectivity index (χ0v) is 8.66. The molecule has 1 aromatic rings. The second kappa shape index (κ2) is 5.78. The van der Waals surface area contributed by atoms with Crippen molar-refractivity contribution in [2.45, 2.75) is 39.4 Å². The molecule has 0 aliphatic carbocycles. The van der Waals surface area contributed by atoms with E-state index in [-0.39, 0.29) is 13.2 Å². The van der Waals surface area contributed by atoms with Crippen LogP contribution in [0.15, 0.2) is 18.2 Å². The molecule has 0 saturated heterocycles. The standard InChI is InChI=1S/C12H18O2/c1-2-3-4-10-5-6-11(8-13)12(7-10)9-14/h5-7,13-14H,2-4,8-9H2,1H3. The summed E-state index contributed by atoms with van der Waals surface area (Å²) in [5, 5.41) is 18.1. The number of benzene rings is 1. The Morgan fingerprint density at radius 1 is 1.07 bits per heavy atom. The van der Waals surface area contributed by atoms with Crippen LogP contribution in [0, 0.1) is 0 Å². The fourth-order valence-electron chi connectivity index (χ4n) is 1.52. The highest BCUT2D eigenvalue weighted by Crippen LogP contribution is 2.14. The largest absolute Gasteiger partial charge is 0.392 e. The van der Waals surface area contributed by atoms with Gasteiger partial charge in [0.15, 0.2) is 0 Å². The van der Waals surface area contributed by atoms with Crippen LogP contribution >= 0.6 is 0 Å². The molecule has 0 spiro atoms. The highest BCUT2D eigenvalue weighted by atomic mass is 16.3. The van der Waals surface area contributed by atoms with Crippen LogP contribution < -0.4 is 0 Å². The predicted molar refractivity (Wildman–Crippen MR) is 56.9 cm³/mol. The normalized spacial score (nSPS) is 10.5. The molecule has 0 saturated carbocycles. The Hall–Kier alpha value is -0.860. The molecule has 0 heterocycles. The molecule has 0 aliphatic rings. The van der Waals surface area contributed by atoms with Crippen LogP contribution in [0.2, 0.25) is 0 Å². The van der Waals surface area contributed by atoms with E-state index in [1.807, 2.05) is 18.2 Å². The zero-order valence-electron chi connectivity index (χ0n) is 8.66. The van der Waals surface area contributed by atoms with Gasteiger partial charge in [0.05, 0.1) is 13.2 Å². The van der Waals surface area contributed by atoms with Gasteiger partial charge in [0.2, 0.25) is 0 Å². The Morgan fingerprint density at radius 3 is 2.36 bits per heavy atom. The summed E-state index contributed by atoms with van der Waals surface area (Å²) in [7, 11) is 0. The third-order valence-corrected chi connectivity index (χ3v) is 2.43. The topological polar surface area (TPSA) is 40.5 Å². The molecule has 2 N–H and O–H groups in total. The minimum atomic E-state index is 0.00392. The second-order valence-corrected chi connectivity index (χ2v) is 3.52. The van der Waals surface area contributed by atoms with Crippen LogP contribution in [0.1, 0.15) is 36.5 Å². The number of unbranched alkanes of at least 4 members (excludes halogenated alkanes) is 1. The third kappa shape index (κ3) is 2.82. The first-order valence-electron chi connectivity index (χ1n) is 5.14. The molecular weight excluding hydrogens is 176 g/mol. The Balaban J connectivity index is 2.79. The van der Waals surface area contributed by atoms with Crippen LogP contribution in [-0.2, 0) is 19.6 Å². The minimum Gasteiger partial charge on any atom is -0.392 e. The first kappa shape index (κ1) is 11.2. The maximum absolute atomic E-state index is 9.09. The lowest BCUT2D eigenvalue weighted by Gasteiger charge is -2.07. The van der Waals surface area contributed by atoms with Crippen molar-refractivity contribution in [3.05, 3.63) is 34.9 Å². The summed E-state index contributed by atoms with van der Waals surface area (Å²) >= 11 is 0. The summed E-state index contributed by atoms with van der Waals surface area (Å²) in [4.78, 5) is 0. The van der Waals surface area contributed by atoms with E-state index >= 15 is 0 Å². The van der Waals surface area contributed by atoms with Gasteiger partial charge in [0.25, 0.3) is 0 Å². The van der Waals surface area contributed by atoms with Gasteiger partial charge >= 0.3 is 0 Å². The van der Waals surface area contributed by atoms with E-state index < -0.39 is 0 Å². The lowest BCUT2D eigenvalue weighted by molar-refractivity contribution is 0.260. The van der Waals surface area contributed by atoms with Gasteiger partial charge < -0.3 is 10.2 Å². The SMILES string of the molecule is CCCCc1ccc(CO)c(CO)c1. The van der Waals surface area contributed by atoms with Crippen molar-refractivity contribution in [2.75, 3.05) is 0 Å². The molecule has 0 radical (unpaired) electrons. The predicted octanol–water partition coefficient (Wildman–Crippen LogP) is 2.01. The van der Waals surface area contributed by atoms with Crippen molar-refractivity contribution in [1.29, 1.82) is 0 Å². The molecule has 2 nitrogen and oxygen atoms in total. The first-order chi connectivity index (χ1) is 6.81. The van der Waals surface area contributed by atoms with Crippen molar-refractivity contribution in [3.63, 3.8) is 0 Å². The number of hydrogen-bond acceptors (Lipinski definition) is 2.